The number of hydrogen-bond acceptors (Lipinski definition) is 3. The lowest BCUT2D eigenvalue weighted by Gasteiger charge is -2.07. The summed E-state index contributed by atoms with van der Waals surface area (Å²) in [5, 5.41) is 4.03. The minimum Gasteiger partial charge on any atom is -0.469 e. The van der Waals surface area contributed by atoms with Crippen LogP contribution in [0.5, 0.6) is 0 Å². The van der Waals surface area contributed by atoms with E-state index in [-0.39, 0.29) is 5.91 Å². The van der Waals surface area contributed by atoms with E-state index in [4.69, 9.17) is 4.42 Å². The molecular weight excluding hydrogens is 264 g/mol. The fourth-order valence-corrected chi connectivity index (χ4v) is 2.40. The topological polar surface area (TPSA) is 55.1 Å². The summed E-state index contributed by atoms with van der Waals surface area (Å²) in [5.41, 5.74) is 2.72. The quantitative estimate of drug-likeness (QED) is 0.799. The molecule has 0 unspecified atom stereocenters. The maximum atomic E-state index is 12.0. The highest BCUT2D eigenvalue weighted by Gasteiger charge is 2.10. The zero-order chi connectivity index (χ0) is 14.7. The molecule has 4 nitrogen and oxygen atoms in total. The molecular formula is C17H16N2O2. The Morgan fingerprint density at radius 2 is 2.10 bits per heavy atom. The molecule has 2 heterocycles. The first-order valence-corrected chi connectivity index (χ1v) is 6.90. The number of carbonyl (C=O) groups is 1. The van der Waals surface area contributed by atoms with E-state index in [1.165, 1.54) is 6.26 Å². The lowest BCUT2D eigenvalue weighted by Crippen LogP contribution is -2.25. The first kappa shape index (κ1) is 13.4. The van der Waals surface area contributed by atoms with E-state index in [2.05, 4.69) is 10.3 Å². The average Bonchev–Trinajstić information content (AvgIpc) is 2.93. The van der Waals surface area contributed by atoms with E-state index in [0.717, 1.165) is 22.9 Å². The number of aryl methyl sites for hydroxylation is 1. The summed E-state index contributed by atoms with van der Waals surface area (Å²) in [6.45, 7) is 2.35. The number of nitrogens with one attached hydrogen (secondary N) is 1. The molecule has 4 heteroatoms. The number of aromatic nitrogens is 1. The van der Waals surface area contributed by atoms with Crippen molar-refractivity contribution in [3.8, 4) is 0 Å². The number of benzene rings is 1. The van der Waals surface area contributed by atoms with Crippen LogP contribution >= 0.6 is 0 Å². The first-order chi connectivity index (χ1) is 10.3. The maximum Gasteiger partial charge on any atom is 0.254 e. The van der Waals surface area contributed by atoms with Crippen LogP contribution in [0, 0.1) is 6.92 Å². The molecule has 0 radical (unpaired) electrons. The summed E-state index contributed by atoms with van der Waals surface area (Å²) < 4.78 is 5.14. The predicted octanol–water partition coefficient (Wildman–Crippen LogP) is 3.11. The van der Waals surface area contributed by atoms with Gasteiger partial charge in [-0.2, -0.15) is 0 Å². The van der Waals surface area contributed by atoms with Crippen LogP contribution in [0.25, 0.3) is 10.9 Å². The zero-order valence-electron chi connectivity index (χ0n) is 11.8. The normalized spacial score (nSPS) is 10.7. The van der Waals surface area contributed by atoms with Crippen LogP contribution in [0.4, 0.5) is 0 Å². The number of nitrogens with zero attached hydrogens (tertiary/aromatic N) is 1. The number of rotatable bonds is 4. The highest BCUT2D eigenvalue weighted by Crippen LogP contribution is 2.16. The van der Waals surface area contributed by atoms with Gasteiger partial charge in [-0.25, -0.2) is 0 Å². The third-order valence-electron chi connectivity index (χ3n) is 3.50. The number of carbonyl (C=O) groups excluding carboxylic acids is 1. The molecule has 106 valence electrons. The van der Waals surface area contributed by atoms with Gasteiger partial charge < -0.3 is 9.73 Å². The fourth-order valence-electron chi connectivity index (χ4n) is 2.40. The monoisotopic (exact) mass is 280 g/mol. The van der Waals surface area contributed by atoms with Gasteiger partial charge in [0.1, 0.15) is 5.76 Å². The second-order valence-electron chi connectivity index (χ2n) is 4.89. The molecule has 0 aliphatic rings. The van der Waals surface area contributed by atoms with Crippen molar-refractivity contribution in [3.05, 3.63) is 65.7 Å². The number of amides is 1. The van der Waals surface area contributed by atoms with E-state index in [1.807, 2.05) is 30.3 Å². The van der Waals surface area contributed by atoms with E-state index in [1.54, 1.807) is 19.2 Å². The smallest absolute Gasteiger partial charge is 0.254 e. The van der Waals surface area contributed by atoms with E-state index in [9.17, 15) is 4.79 Å². The molecule has 0 fully saturated rings. The second-order valence-corrected chi connectivity index (χ2v) is 4.89. The Kier molecular flexibility index (Phi) is 3.69. The molecule has 0 aliphatic heterocycles. The molecule has 1 amide bonds. The van der Waals surface area contributed by atoms with E-state index >= 15 is 0 Å². The summed E-state index contributed by atoms with van der Waals surface area (Å²) in [6, 6.07) is 11.8. The molecule has 0 saturated heterocycles. The van der Waals surface area contributed by atoms with Crippen LogP contribution < -0.4 is 5.32 Å². The minimum atomic E-state index is -0.102. The Labute approximate surface area is 122 Å². The number of pyridine rings is 1. The SMILES string of the molecule is Cc1occc1C(=O)NCCc1cccc2cccnc12. The third-order valence-corrected chi connectivity index (χ3v) is 3.50. The summed E-state index contributed by atoms with van der Waals surface area (Å²) in [5.74, 6) is 0.536. The molecule has 0 aliphatic carbocycles. The molecule has 0 saturated carbocycles. The van der Waals surface area contributed by atoms with Crippen LogP contribution in [-0.2, 0) is 6.42 Å². The van der Waals surface area contributed by atoms with Crippen LogP contribution in [0.2, 0.25) is 0 Å². The van der Waals surface area contributed by atoms with Crippen LogP contribution in [-0.4, -0.2) is 17.4 Å². The largest absolute Gasteiger partial charge is 0.469 e. The molecule has 0 spiro atoms. The van der Waals surface area contributed by atoms with Crippen LogP contribution in [0.3, 0.4) is 0 Å². The number of furan rings is 1. The standard InChI is InChI=1S/C17H16N2O2/c1-12-15(8-11-21-12)17(20)19-10-7-14-5-2-4-13-6-3-9-18-16(13)14/h2-6,8-9,11H,7,10H2,1H3,(H,19,20). The lowest BCUT2D eigenvalue weighted by molar-refractivity contribution is 0.0952. The average molecular weight is 280 g/mol. The zero-order valence-corrected chi connectivity index (χ0v) is 11.8. The van der Waals surface area contributed by atoms with Gasteiger partial charge in [-0.3, -0.25) is 9.78 Å². The van der Waals surface area contributed by atoms with Gasteiger partial charge in [-0.05, 0) is 31.0 Å². The van der Waals surface area contributed by atoms with Gasteiger partial charge in [-0.15, -0.1) is 0 Å². The third kappa shape index (κ3) is 2.79. The summed E-state index contributed by atoms with van der Waals surface area (Å²) >= 11 is 0. The van der Waals surface area contributed by atoms with Gasteiger partial charge >= 0.3 is 0 Å². The number of fused-ring (bicyclic) bond motifs is 1. The molecule has 2 aromatic heterocycles. The fraction of sp³-hybridized carbons (Fsp3) is 0.176. The predicted molar refractivity (Wildman–Crippen MR) is 81.2 cm³/mol. The van der Waals surface area contributed by atoms with Crippen molar-refractivity contribution < 1.29 is 9.21 Å². The molecule has 21 heavy (non-hydrogen) atoms. The Morgan fingerprint density at radius 3 is 2.90 bits per heavy atom. The summed E-state index contributed by atoms with van der Waals surface area (Å²) in [4.78, 5) is 16.4. The Hall–Kier alpha value is -2.62. The minimum absolute atomic E-state index is 0.102. The maximum absolute atomic E-state index is 12.0. The highest BCUT2D eigenvalue weighted by atomic mass is 16.3. The second kappa shape index (κ2) is 5.79. The lowest BCUT2D eigenvalue weighted by atomic mass is 10.1. The van der Waals surface area contributed by atoms with Gasteiger partial charge in [0.15, 0.2) is 0 Å². The van der Waals surface area contributed by atoms with Gasteiger partial charge in [0.2, 0.25) is 0 Å². The molecule has 1 N–H and O–H groups in total. The highest BCUT2D eigenvalue weighted by molar-refractivity contribution is 5.95. The van der Waals surface area contributed by atoms with Crippen molar-refractivity contribution in [2.75, 3.05) is 6.54 Å². The first-order valence-electron chi connectivity index (χ1n) is 6.90. The van der Waals surface area contributed by atoms with Crippen LogP contribution in [0.1, 0.15) is 21.7 Å². The van der Waals surface area contributed by atoms with Crippen molar-refractivity contribution in [2.45, 2.75) is 13.3 Å². The molecule has 0 atom stereocenters. The van der Waals surface area contributed by atoms with Gasteiger partial charge in [0, 0.05) is 18.1 Å². The molecule has 1 aromatic carbocycles. The van der Waals surface area contributed by atoms with Crippen molar-refractivity contribution in [1.82, 2.24) is 10.3 Å². The van der Waals surface area contributed by atoms with Crippen molar-refractivity contribution in [1.29, 1.82) is 0 Å². The Morgan fingerprint density at radius 1 is 1.24 bits per heavy atom. The van der Waals surface area contributed by atoms with Crippen molar-refractivity contribution in [2.24, 2.45) is 0 Å². The van der Waals surface area contributed by atoms with Crippen molar-refractivity contribution in [3.63, 3.8) is 0 Å². The van der Waals surface area contributed by atoms with E-state index < -0.39 is 0 Å². The Balaban J connectivity index is 1.67. The van der Waals surface area contributed by atoms with E-state index in [0.29, 0.717) is 17.9 Å². The van der Waals surface area contributed by atoms with Crippen LogP contribution in [0.15, 0.2) is 53.3 Å². The molecule has 0 bridgehead atoms. The Bertz CT molecular complexity index is 772. The van der Waals surface area contributed by atoms with Gasteiger partial charge in [0.05, 0.1) is 17.3 Å². The summed E-state index contributed by atoms with van der Waals surface area (Å²) in [7, 11) is 0. The van der Waals surface area contributed by atoms with Crippen molar-refractivity contribution >= 4 is 16.8 Å². The van der Waals surface area contributed by atoms with Gasteiger partial charge in [-0.1, -0.05) is 24.3 Å². The summed E-state index contributed by atoms with van der Waals surface area (Å²) in [6.07, 6.45) is 4.06. The number of para-hydroxylation sites is 1. The molecule has 3 aromatic rings. The molecule has 3 rings (SSSR count). The van der Waals surface area contributed by atoms with Gasteiger partial charge in [0.25, 0.3) is 5.91 Å². The number of hydrogen-bond donors (Lipinski definition) is 1.